The summed E-state index contributed by atoms with van der Waals surface area (Å²) in [6, 6.07) is 5.99. The van der Waals surface area contributed by atoms with Crippen molar-refractivity contribution >= 4 is 52.2 Å². The topological polar surface area (TPSA) is 108 Å². The van der Waals surface area contributed by atoms with E-state index in [2.05, 4.69) is 0 Å². The molecule has 168 valence electrons. The highest BCUT2D eigenvalue weighted by molar-refractivity contribution is 8.26. The lowest BCUT2D eigenvalue weighted by Crippen LogP contribution is -2.44. The number of carbonyl (C=O) groups is 3. The number of aliphatic carboxylic acids is 2. The summed E-state index contributed by atoms with van der Waals surface area (Å²) in [6.45, 7) is 0. The van der Waals surface area contributed by atoms with Crippen molar-refractivity contribution in [2.45, 2.75) is 25.1 Å². The number of carboxylic acids is 2. The zero-order valence-corrected chi connectivity index (χ0v) is 17.6. The van der Waals surface area contributed by atoms with Gasteiger partial charge in [-0.15, -0.1) is 0 Å². The Bertz CT molecular complexity index is 1120. The van der Waals surface area contributed by atoms with Crippen LogP contribution in [0.25, 0.3) is 17.4 Å². The van der Waals surface area contributed by atoms with Crippen LogP contribution in [0.2, 0.25) is 0 Å². The van der Waals surface area contributed by atoms with Gasteiger partial charge < -0.3 is 14.6 Å². The lowest BCUT2D eigenvalue weighted by atomic mass is 10.1. The van der Waals surface area contributed by atoms with Crippen LogP contribution in [0.3, 0.4) is 0 Å². The van der Waals surface area contributed by atoms with Crippen molar-refractivity contribution in [3.63, 3.8) is 0 Å². The molecule has 2 N–H and O–H groups in total. The van der Waals surface area contributed by atoms with Gasteiger partial charge in [-0.25, -0.2) is 4.79 Å². The highest BCUT2D eigenvalue weighted by Gasteiger charge is 2.40. The minimum atomic E-state index is -4.51. The van der Waals surface area contributed by atoms with Crippen LogP contribution in [0.1, 0.15) is 24.2 Å². The van der Waals surface area contributed by atoms with Gasteiger partial charge >= 0.3 is 18.1 Å². The molecule has 12 heteroatoms. The van der Waals surface area contributed by atoms with E-state index in [0.717, 1.165) is 28.8 Å². The maximum atomic E-state index is 12.9. The van der Waals surface area contributed by atoms with E-state index in [1.165, 1.54) is 30.3 Å². The molecule has 32 heavy (non-hydrogen) atoms. The summed E-state index contributed by atoms with van der Waals surface area (Å²) >= 11 is 5.91. The number of halogens is 3. The van der Waals surface area contributed by atoms with Crippen LogP contribution in [0.5, 0.6) is 0 Å². The van der Waals surface area contributed by atoms with Crippen LogP contribution in [0.4, 0.5) is 13.2 Å². The number of thioether (sulfide) groups is 1. The maximum absolute atomic E-state index is 12.9. The van der Waals surface area contributed by atoms with Gasteiger partial charge in [0, 0.05) is 18.1 Å². The molecule has 0 aliphatic carbocycles. The van der Waals surface area contributed by atoms with Crippen molar-refractivity contribution in [3.8, 4) is 11.3 Å². The van der Waals surface area contributed by atoms with E-state index in [0.29, 0.717) is 0 Å². The third-order valence-electron chi connectivity index (χ3n) is 4.43. The third kappa shape index (κ3) is 5.19. The van der Waals surface area contributed by atoms with Crippen LogP contribution >= 0.6 is 24.0 Å². The summed E-state index contributed by atoms with van der Waals surface area (Å²) in [7, 11) is 0. The number of benzene rings is 1. The van der Waals surface area contributed by atoms with Gasteiger partial charge in [0.2, 0.25) is 0 Å². The first-order chi connectivity index (χ1) is 15.0. The number of rotatable bonds is 7. The molecule has 1 saturated heterocycles. The standard InChI is InChI=1S/C20H14F3NO6S2/c21-20(22,23)11-3-1-2-10(8-11)14-6-4-12(30-14)9-15-17(27)24(19(31)32-15)13(18(28)29)5-7-16(25)26/h1-4,6,8-9,13H,5,7H2,(H,25,26)(H,28,29)/b15-9+/t13-/m0/s1. The number of nitrogens with zero attached hydrogens (tertiary/aromatic N) is 1. The molecule has 7 nitrogen and oxygen atoms in total. The quantitative estimate of drug-likeness (QED) is 0.437. The van der Waals surface area contributed by atoms with E-state index in [-0.39, 0.29) is 32.7 Å². The molecule has 1 amide bonds. The first-order valence-electron chi connectivity index (χ1n) is 8.96. The number of hydrogen-bond donors (Lipinski definition) is 2. The average molecular weight is 485 g/mol. The first-order valence-corrected chi connectivity index (χ1v) is 10.2. The number of amides is 1. The summed E-state index contributed by atoms with van der Waals surface area (Å²) in [5.74, 6) is -3.04. The minimum Gasteiger partial charge on any atom is -0.481 e. The summed E-state index contributed by atoms with van der Waals surface area (Å²) < 4.78 is 44.3. The summed E-state index contributed by atoms with van der Waals surface area (Å²) in [5, 5.41) is 18.2. The fourth-order valence-corrected chi connectivity index (χ4v) is 4.27. The monoisotopic (exact) mass is 485 g/mol. The predicted octanol–water partition coefficient (Wildman–Crippen LogP) is 4.48. The Kier molecular flexibility index (Phi) is 6.74. The number of carbonyl (C=O) groups excluding carboxylic acids is 1. The normalized spacial score (nSPS) is 16.6. The fourth-order valence-electron chi connectivity index (χ4n) is 2.94. The van der Waals surface area contributed by atoms with E-state index < -0.39 is 42.0 Å². The van der Waals surface area contributed by atoms with E-state index in [1.807, 2.05) is 0 Å². The maximum Gasteiger partial charge on any atom is 0.416 e. The number of carboxylic acid groups (broad SMARTS) is 2. The first kappa shape index (κ1) is 23.5. The second kappa shape index (κ2) is 9.17. The van der Waals surface area contributed by atoms with Gasteiger partial charge in [0.15, 0.2) is 0 Å². The SMILES string of the molecule is O=C(O)CC[C@@H](C(=O)O)N1C(=O)/C(=C\c2ccc(-c3cccc(C(F)(F)F)c3)o2)SC1=S. The third-order valence-corrected chi connectivity index (χ3v) is 5.76. The molecule has 0 saturated carbocycles. The zero-order valence-electron chi connectivity index (χ0n) is 16.0. The van der Waals surface area contributed by atoms with Crippen molar-refractivity contribution in [1.29, 1.82) is 0 Å². The van der Waals surface area contributed by atoms with Gasteiger partial charge in [-0.1, -0.05) is 36.1 Å². The van der Waals surface area contributed by atoms with Gasteiger partial charge in [0.1, 0.15) is 21.9 Å². The number of furan rings is 1. The average Bonchev–Trinajstić information content (AvgIpc) is 3.27. The van der Waals surface area contributed by atoms with Gasteiger partial charge in [0.05, 0.1) is 10.5 Å². The molecular weight excluding hydrogens is 471 g/mol. The highest BCUT2D eigenvalue weighted by atomic mass is 32.2. The van der Waals surface area contributed by atoms with Crippen molar-refractivity contribution in [2.24, 2.45) is 0 Å². The molecule has 0 spiro atoms. The second-order valence-electron chi connectivity index (χ2n) is 6.62. The summed E-state index contributed by atoms with van der Waals surface area (Å²) in [4.78, 5) is 35.9. The molecule has 1 fully saturated rings. The van der Waals surface area contributed by atoms with Crippen molar-refractivity contribution in [3.05, 3.63) is 52.6 Å². The fraction of sp³-hybridized carbons (Fsp3) is 0.200. The van der Waals surface area contributed by atoms with Gasteiger partial charge in [0.25, 0.3) is 5.91 Å². The Hall–Kier alpha value is -3.12. The van der Waals surface area contributed by atoms with Gasteiger partial charge in [-0.2, -0.15) is 13.2 Å². The van der Waals surface area contributed by atoms with Crippen molar-refractivity contribution in [2.75, 3.05) is 0 Å². The summed E-state index contributed by atoms with van der Waals surface area (Å²) in [5.41, 5.74) is -0.651. The van der Waals surface area contributed by atoms with Crippen LogP contribution in [0.15, 0.2) is 45.7 Å². The van der Waals surface area contributed by atoms with Crippen LogP contribution in [0, 0.1) is 0 Å². The van der Waals surface area contributed by atoms with E-state index in [4.69, 9.17) is 21.7 Å². The zero-order chi connectivity index (χ0) is 23.6. The Morgan fingerprint density at radius 3 is 2.56 bits per heavy atom. The number of hydrogen-bond acceptors (Lipinski definition) is 6. The molecule has 0 radical (unpaired) electrons. The molecule has 1 aliphatic rings. The van der Waals surface area contributed by atoms with Gasteiger partial charge in [-0.3, -0.25) is 14.5 Å². The molecule has 1 aromatic heterocycles. The van der Waals surface area contributed by atoms with Crippen LogP contribution in [-0.2, 0) is 20.6 Å². The molecule has 3 rings (SSSR count). The lowest BCUT2D eigenvalue weighted by Gasteiger charge is -2.22. The van der Waals surface area contributed by atoms with Crippen LogP contribution < -0.4 is 0 Å². The Balaban J connectivity index is 1.84. The molecule has 1 aromatic carbocycles. The molecular formula is C20H14F3NO6S2. The number of thiocarbonyl (C=S) groups is 1. The Morgan fingerprint density at radius 1 is 1.22 bits per heavy atom. The second-order valence-corrected chi connectivity index (χ2v) is 8.29. The number of alkyl halides is 3. The van der Waals surface area contributed by atoms with Gasteiger partial charge in [-0.05, 0) is 30.7 Å². The highest BCUT2D eigenvalue weighted by Crippen LogP contribution is 2.36. The van der Waals surface area contributed by atoms with E-state index >= 15 is 0 Å². The largest absolute Gasteiger partial charge is 0.481 e. The van der Waals surface area contributed by atoms with Crippen molar-refractivity contribution < 1.29 is 42.2 Å². The van der Waals surface area contributed by atoms with Crippen LogP contribution in [-0.4, -0.2) is 43.3 Å². The molecule has 0 bridgehead atoms. The smallest absolute Gasteiger partial charge is 0.416 e. The molecule has 2 heterocycles. The minimum absolute atomic E-state index is 0.0431. The van der Waals surface area contributed by atoms with E-state index in [9.17, 15) is 32.7 Å². The molecule has 0 unspecified atom stereocenters. The predicted molar refractivity (Wildman–Crippen MR) is 112 cm³/mol. The van der Waals surface area contributed by atoms with E-state index in [1.54, 1.807) is 0 Å². The Morgan fingerprint density at radius 2 is 1.94 bits per heavy atom. The molecule has 2 aromatic rings. The summed E-state index contributed by atoms with van der Waals surface area (Å²) in [6.07, 6.45) is -4.01. The molecule has 1 atom stereocenters. The Labute approximate surface area is 188 Å². The van der Waals surface area contributed by atoms with Crippen molar-refractivity contribution in [1.82, 2.24) is 4.90 Å². The molecule has 1 aliphatic heterocycles. The lowest BCUT2D eigenvalue weighted by molar-refractivity contribution is -0.146.